The molecule has 6 nitrogen and oxygen atoms in total. The van der Waals surface area contributed by atoms with E-state index >= 15 is 0 Å². The van der Waals surface area contributed by atoms with Crippen molar-refractivity contribution in [3.05, 3.63) is 70.0 Å². The number of rotatable bonds is 4. The van der Waals surface area contributed by atoms with Crippen LogP contribution in [0.25, 0.3) is 0 Å². The molecule has 2 heterocycles. The van der Waals surface area contributed by atoms with Gasteiger partial charge in [-0.3, -0.25) is 9.69 Å². The highest BCUT2D eigenvalue weighted by Crippen LogP contribution is 2.52. The van der Waals surface area contributed by atoms with Crippen LogP contribution in [0.5, 0.6) is 11.5 Å². The number of nitrogens with zero attached hydrogens (tertiary/aromatic N) is 2. The van der Waals surface area contributed by atoms with Gasteiger partial charge in [0.15, 0.2) is 17.2 Å². The lowest BCUT2D eigenvalue weighted by atomic mass is 9.85. The van der Waals surface area contributed by atoms with Gasteiger partial charge in [-0.15, -0.1) is 11.8 Å². The molecule has 0 radical (unpaired) electrons. The van der Waals surface area contributed by atoms with E-state index in [-0.39, 0.29) is 23.7 Å². The third kappa shape index (κ3) is 3.02. The second-order valence-corrected chi connectivity index (χ2v) is 7.98. The molecule has 2 aromatic carbocycles. The first-order valence-electron chi connectivity index (χ1n) is 9.24. The maximum atomic E-state index is 14.4. The van der Waals surface area contributed by atoms with E-state index in [1.54, 1.807) is 36.4 Å². The Labute approximate surface area is 177 Å². The number of hydrogen-bond acceptors (Lipinski definition) is 6. The minimum absolute atomic E-state index is 0.108. The Balaban J connectivity index is 1.81. The highest BCUT2D eigenvalue weighted by atomic mass is 32.2. The smallest absolute Gasteiger partial charge is 0.231 e. The van der Waals surface area contributed by atoms with Gasteiger partial charge in [0.05, 0.1) is 36.6 Å². The van der Waals surface area contributed by atoms with Crippen molar-refractivity contribution in [1.82, 2.24) is 4.90 Å². The van der Waals surface area contributed by atoms with Gasteiger partial charge in [0.2, 0.25) is 5.91 Å². The molecule has 8 heteroatoms. The maximum absolute atomic E-state index is 14.4. The van der Waals surface area contributed by atoms with Crippen molar-refractivity contribution < 1.29 is 23.8 Å². The number of halogens is 1. The molecule has 0 unspecified atom stereocenters. The van der Waals surface area contributed by atoms with Crippen molar-refractivity contribution in [3.8, 4) is 17.6 Å². The third-order valence-electron chi connectivity index (χ3n) is 5.44. The first-order chi connectivity index (χ1) is 14.4. The van der Waals surface area contributed by atoms with E-state index in [1.807, 2.05) is 0 Å². The molecule has 2 aliphatic heterocycles. The maximum Gasteiger partial charge on any atom is 0.231 e. The Morgan fingerprint density at radius 3 is 2.63 bits per heavy atom. The molecule has 1 N–H and O–H groups in total. The number of allylic oxidation sites excluding steroid dienone is 1. The summed E-state index contributed by atoms with van der Waals surface area (Å²) < 4.78 is 25.0. The highest BCUT2D eigenvalue weighted by molar-refractivity contribution is 8.03. The van der Waals surface area contributed by atoms with Crippen LogP contribution in [0, 0.1) is 17.1 Å². The van der Waals surface area contributed by atoms with Crippen LogP contribution < -0.4 is 9.47 Å². The number of thioether (sulfide) groups is 1. The van der Waals surface area contributed by atoms with E-state index in [1.165, 1.54) is 36.9 Å². The summed E-state index contributed by atoms with van der Waals surface area (Å²) in [4.78, 5) is 14.4. The van der Waals surface area contributed by atoms with Gasteiger partial charge in [-0.1, -0.05) is 24.3 Å². The van der Waals surface area contributed by atoms with E-state index < -0.39 is 17.5 Å². The minimum Gasteiger partial charge on any atom is -0.493 e. The van der Waals surface area contributed by atoms with E-state index in [9.17, 15) is 19.6 Å². The number of carbonyl (C=O) groups is 1. The summed E-state index contributed by atoms with van der Waals surface area (Å²) in [5.41, 5.74) is -0.630. The Morgan fingerprint density at radius 1 is 1.23 bits per heavy atom. The normalized spacial score (nSPS) is 23.2. The molecule has 0 bridgehead atoms. The molecule has 1 amide bonds. The van der Waals surface area contributed by atoms with Crippen LogP contribution >= 0.6 is 11.8 Å². The number of benzene rings is 2. The van der Waals surface area contributed by atoms with Gasteiger partial charge < -0.3 is 14.6 Å². The van der Waals surface area contributed by atoms with Crippen LogP contribution in [-0.4, -0.2) is 35.9 Å². The van der Waals surface area contributed by atoms with Crippen molar-refractivity contribution in [2.75, 3.05) is 20.0 Å². The highest BCUT2D eigenvalue weighted by Gasteiger charge is 2.52. The summed E-state index contributed by atoms with van der Waals surface area (Å²) in [5, 5.41) is 21.7. The predicted octanol–water partition coefficient (Wildman–Crippen LogP) is 3.49. The van der Waals surface area contributed by atoms with E-state index in [2.05, 4.69) is 6.07 Å². The van der Waals surface area contributed by atoms with Gasteiger partial charge in [0.1, 0.15) is 5.82 Å². The second kappa shape index (κ2) is 7.67. The first-order valence-corrected chi connectivity index (χ1v) is 10.2. The third-order valence-corrected chi connectivity index (χ3v) is 6.66. The average molecular weight is 426 g/mol. The van der Waals surface area contributed by atoms with Crippen molar-refractivity contribution in [1.29, 1.82) is 5.26 Å². The molecule has 1 fully saturated rings. The lowest BCUT2D eigenvalue weighted by molar-refractivity contribution is -0.149. The number of ether oxygens (including phenoxy) is 2. The summed E-state index contributed by atoms with van der Waals surface area (Å²) >= 11 is 1.21. The number of carbonyl (C=O) groups excluding carboxylic acids is 1. The van der Waals surface area contributed by atoms with E-state index in [4.69, 9.17) is 9.47 Å². The minimum atomic E-state index is -1.65. The number of fused-ring (bicyclic) bond motifs is 1. The molecule has 1 saturated heterocycles. The standard InChI is InChI=1S/C22H19FN2O4S/c1-28-18-8-7-13(9-19(18)29-2)22(27)12-30-21-16(11-24)15(10-20(26)25(21)22)14-5-3-4-6-17(14)23/h3-9,15,27H,10,12H2,1-2H3/t15-,22+/m1/s1. The Hall–Kier alpha value is -3.02. The molecule has 0 saturated carbocycles. The molecule has 0 spiro atoms. The SMILES string of the molecule is COc1ccc([C@@]2(O)CSC3=C(C#N)[C@@H](c4ccccc4F)CC(=O)N32)cc1OC. The molecule has 4 rings (SSSR count). The van der Waals surface area contributed by atoms with Crippen LogP contribution in [-0.2, 0) is 10.5 Å². The monoisotopic (exact) mass is 426 g/mol. The molecule has 30 heavy (non-hydrogen) atoms. The Kier molecular flexibility index (Phi) is 5.18. The Bertz CT molecular complexity index is 1100. The molecule has 0 aromatic heterocycles. The summed E-state index contributed by atoms with van der Waals surface area (Å²) in [6.45, 7) is 0. The van der Waals surface area contributed by atoms with Crippen LogP contribution in [0.1, 0.15) is 23.5 Å². The topological polar surface area (TPSA) is 82.8 Å². The zero-order valence-corrected chi connectivity index (χ0v) is 17.2. The van der Waals surface area contributed by atoms with Crippen LogP contribution in [0.2, 0.25) is 0 Å². The molecular formula is C22H19FN2O4S. The number of aliphatic hydroxyl groups is 1. The van der Waals surface area contributed by atoms with Crippen molar-refractivity contribution in [2.24, 2.45) is 0 Å². The number of nitriles is 1. The summed E-state index contributed by atoms with van der Waals surface area (Å²) in [6, 6.07) is 13.2. The summed E-state index contributed by atoms with van der Waals surface area (Å²) in [6.07, 6.45) is -0.108. The molecule has 2 atom stereocenters. The Morgan fingerprint density at radius 2 is 1.97 bits per heavy atom. The summed E-state index contributed by atoms with van der Waals surface area (Å²) in [7, 11) is 2.99. The molecule has 154 valence electrons. The lowest BCUT2D eigenvalue weighted by Crippen LogP contribution is -2.48. The fourth-order valence-corrected chi connectivity index (χ4v) is 5.31. The average Bonchev–Trinajstić information content (AvgIpc) is 3.12. The summed E-state index contributed by atoms with van der Waals surface area (Å²) in [5.74, 6) is -0.475. The van der Waals surface area contributed by atoms with Gasteiger partial charge in [-0.05, 0) is 23.8 Å². The van der Waals surface area contributed by atoms with Gasteiger partial charge in [0, 0.05) is 17.9 Å². The number of hydrogen-bond donors (Lipinski definition) is 1. The first kappa shape index (κ1) is 20.3. The quantitative estimate of drug-likeness (QED) is 0.806. The zero-order chi connectivity index (χ0) is 21.5. The molecule has 0 aliphatic carbocycles. The predicted molar refractivity (Wildman–Crippen MR) is 109 cm³/mol. The van der Waals surface area contributed by atoms with E-state index in [0.29, 0.717) is 27.7 Å². The number of methoxy groups -OCH3 is 2. The van der Waals surface area contributed by atoms with Gasteiger partial charge >= 0.3 is 0 Å². The molecule has 2 aliphatic rings. The lowest BCUT2D eigenvalue weighted by Gasteiger charge is -2.38. The molecular weight excluding hydrogens is 407 g/mol. The van der Waals surface area contributed by atoms with Crippen molar-refractivity contribution in [3.63, 3.8) is 0 Å². The number of amides is 1. The largest absolute Gasteiger partial charge is 0.493 e. The van der Waals surface area contributed by atoms with Crippen LogP contribution in [0.4, 0.5) is 4.39 Å². The van der Waals surface area contributed by atoms with Gasteiger partial charge in [-0.25, -0.2) is 4.39 Å². The van der Waals surface area contributed by atoms with Gasteiger partial charge in [-0.2, -0.15) is 5.26 Å². The fraction of sp³-hybridized carbons (Fsp3) is 0.273. The van der Waals surface area contributed by atoms with Crippen molar-refractivity contribution >= 4 is 17.7 Å². The fourth-order valence-electron chi connectivity index (χ4n) is 3.95. The zero-order valence-electron chi connectivity index (χ0n) is 16.4. The van der Waals surface area contributed by atoms with Gasteiger partial charge in [0.25, 0.3) is 0 Å². The van der Waals surface area contributed by atoms with Crippen LogP contribution in [0.3, 0.4) is 0 Å². The second-order valence-electron chi connectivity index (χ2n) is 7.01. The molecule has 2 aromatic rings. The van der Waals surface area contributed by atoms with Crippen molar-refractivity contribution in [2.45, 2.75) is 18.1 Å². The van der Waals surface area contributed by atoms with Crippen LogP contribution in [0.15, 0.2) is 53.1 Å². The van der Waals surface area contributed by atoms with E-state index in [0.717, 1.165) is 0 Å².